The molecular weight excluding hydrogens is 162 g/mol. The molecule has 0 unspecified atom stereocenters. The van der Waals surface area contributed by atoms with E-state index in [0.717, 1.165) is 12.0 Å². The zero-order chi connectivity index (χ0) is 9.84. The van der Waals surface area contributed by atoms with E-state index in [4.69, 9.17) is 10.8 Å². The van der Waals surface area contributed by atoms with Gasteiger partial charge in [0.25, 0.3) is 0 Å². The van der Waals surface area contributed by atoms with Gasteiger partial charge in [-0.2, -0.15) is 0 Å². The van der Waals surface area contributed by atoms with Gasteiger partial charge in [-0.05, 0) is 30.0 Å². The van der Waals surface area contributed by atoms with Crippen LogP contribution in [0.15, 0.2) is 36.5 Å². The standard InChI is InChI=1S/C11H15NO/c1-8(9(2)12)7-10-3-5-11(13)6-4-10/h3-6,8,13H,2,7,12H2,1H3/t8-/m0/s1. The number of aromatic hydroxyl groups is 1. The van der Waals surface area contributed by atoms with E-state index in [1.165, 1.54) is 0 Å². The van der Waals surface area contributed by atoms with E-state index in [-0.39, 0.29) is 5.92 Å². The molecule has 0 aliphatic heterocycles. The minimum atomic E-state index is 0.282. The van der Waals surface area contributed by atoms with Gasteiger partial charge in [-0.1, -0.05) is 25.6 Å². The Hall–Kier alpha value is -1.44. The summed E-state index contributed by atoms with van der Waals surface area (Å²) in [6.07, 6.45) is 0.871. The fourth-order valence-electron chi connectivity index (χ4n) is 1.12. The molecule has 3 N–H and O–H groups in total. The van der Waals surface area contributed by atoms with E-state index < -0.39 is 0 Å². The summed E-state index contributed by atoms with van der Waals surface area (Å²) < 4.78 is 0. The Kier molecular flexibility index (Phi) is 2.96. The van der Waals surface area contributed by atoms with Crippen molar-refractivity contribution < 1.29 is 5.11 Å². The van der Waals surface area contributed by atoms with Crippen molar-refractivity contribution in [2.75, 3.05) is 0 Å². The number of hydrogen-bond donors (Lipinski definition) is 2. The molecule has 1 atom stereocenters. The maximum Gasteiger partial charge on any atom is 0.115 e. The minimum Gasteiger partial charge on any atom is -0.508 e. The SMILES string of the molecule is C=C(N)[C@@H](C)Cc1ccc(O)cc1. The van der Waals surface area contributed by atoms with Gasteiger partial charge >= 0.3 is 0 Å². The normalized spacial score (nSPS) is 12.4. The third-order valence-electron chi connectivity index (χ3n) is 2.11. The summed E-state index contributed by atoms with van der Waals surface area (Å²) in [5.41, 5.74) is 7.44. The molecule has 2 heteroatoms. The fraction of sp³-hybridized carbons (Fsp3) is 0.273. The number of nitrogens with two attached hydrogens (primary N) is 1. The highest BCUT2D eigenvalue weighted by atomic mass is 16.3. The lowest BCUT2D eigenvalue weighted by atomic mass is 9.99. The highest BCUT2D eigenvalue weighted by Crippen LogP contribution is 2.15. The molecule has 0 amide bonds. The molecule has 0 aliphatic carbocycles. The Balaban J connectivity index is 2.64. The van der Waals surface area contributed by atoms with Gasteiger partial charge in [0.2, 0.25) is 0 Å². The zero-order valence-corrected chi connectivity index (χ0v) is 7.83. The quantitative estimate of drug-likeness (QED) is 0.742. The van der Waals surface area contributed by atoms with Crippen LogP contribution in [-0.2, 0) is 6.42 Å². The summed E-state index contributed by atoms with van der Waals surface area (Å²) >= 11 is 0. The number of phenols is 1. The van der Waals surface area contributed by atoms with E-state index in [0.29, 0.717) is 11.4 Å². The number of hydrogen-bond acceptors (Lipinski definition) is 2. The molecule has 0 radical (unpaired) electrons. The second kappa shape index (κ2) is 3.99. The molecule has 0 fully saturated rings. The fourth-order valence-corrected chi connectivity index (χ4v) is 1.12. The maximum atomic E-state index is 9.06. The van der Waals surface area contributed by atoms with Crippen LogP contribution in [0.4, 0.5) is 0 Å². The van der Waals surface area contributed by atoms with Gasteiger partial charge in [0.1, 0.15) is 5.75 Å². The van der Waals surface area contributed by atoms with Crippen molar-refractivity contribution in [2.24, 2.45) is 11.7 Å². The lowest BCUT2D eigenvalue weighted by Crippen LogP contribution is -2.09. The molecule has 0 aromatic heterocycles. The molecule has 0 saturated carbocycles. The van der Waals surface area contributed by atoms with Gasteiger partial charge in [0.15, 0.2) is 0 Å². The van der Waals surface area contributed by atoms with Crippen molar-refractivity contribution in [2.45, 2.75) is 13.3 Å². The number of allylic oxidation sites excluding steroid dienone is 1. The molecule has 0 heterocycles. The predicted molar refractivity (Wildman–Crippen MR) is 54.3 cm³/mol. The van der Waals surface area contributed by atoms with Crippen LogP contribution in [0.5, 0.6) is 5.75 Å². The van der Waals surface area contributed by atoms with Gasteiger partial charge in [-0.25, -0.2) is 0 Å². The Morgan fingerprint density at radius 2 is 2.00 bits per heavy atom. The van der Waals surface area contributed by atoms with Crippen LogP contribution in [0.1, 0.15) is 12.5 Å². The second-order valence-corrected chi connectivity index (χ2v) is 3.35. The highest BCUT2D eigenvalue weighted by Gasteiger charge is 2.04. The van der Waals surface area contributed by atoms with Gasteiger partial charge in [-0.3, -0.25) is 0 Å². The summed E-state index contributed by atoms with van der Waals surface area (Å²) in [7, 11) is 0. The average Bonchev–Trinajstić information content (AvgIpc) is 2.08. The first kappa shape index (κ1) is 9.65. The smallest absolute Gasteiger partial charge is 0.115 e. The molecule has 13 heavy (non-hydrogen) atoms. The zero-order valence-electron chi connectivity index (χ0n) is 7.83. The van der Waals surface area contributed by atoms with Crippen molar-refractivity contribution in [3.8, 4) is 5.75 Å². The molecule has 1 rings (SSSR count). The summed E-state index contributed by atoms with van der Waals surface area (Å²) in [6.45, 7) is 5.73. The monoisotopic (exact) mass is 177 g/mol. The van der Waals surface area contributed by atoms with Gasteiger partial charge in [0.05, 0.1) is 0 Å². The van der Waals surface area contributed by atoms with E-state index >= 15 is 0 Å². The Labute approximate surface area is 78.7 Å². The summed E-state index contributed by atoms with van der Waals surface area (Å²) in [5.74, 6) is 0.576. The maximum absolute atomic E-state index is 9.06. The number of rotatable bonds is 3. The molecule has 0 saturated heterocycles. The van der Waals surface area contributed by atoms with Crippen molar-refractivity contribution in [3.63, 3.8) is 0 Å². The molecule has 1 aromatic rings. The molecule has 2 nitrogen and oxygen atoms in total. The third-order valence-corrected chi connectivity index (χ3v) is 2.11. The van der Waals surface area contributed by atoms with Crippen LogP contribution in [0.25, 0.3) is 0 Å². The van der Waals surface area contributed by atoms with E-state index in [1.54, 1.807) is 12.1 Å². The molecule has 1 aromatic carbocycles. The highest BCUT2D eigenvalue weighted by molar-refractivity contribution is 5.26. The first-order chi connectivity index (χ1) is 6.09. The van der Waals surface area contributed by atoms with Crippen LogP contribution in [0.2, 0.25) is 0 Å². The lowest BCUT2D eigenvalue weighted by Gasteiger charge is -2.10. The molecule has 70 valence electrons. The predicted octanol–water partition coefficient (Wildman–Crippen LogP) is 2.04. The summed E-state index contributed by atoms with van der Waals surface area (Å²) in [5, 5.41) is 9.06. The molecule has 0 spiro atoms. The third kappa shape index (κ3) is 2.82. The van der Waals surface area contributed by atoms with Crippen molar-refractivity contribution >= 4 is 0 Å². The van der Waals surface area contributed by atoms with Crippen LogP contribution in [0.3, 0.4) is 0 Å². The van der Waals surface area contributed by atoms with Crippen LogP contribution in [-0.4, -0.2) is 5.11 Å². The van der Waals surface area contributed by atoms with E-state index in [2.05, 4.69) is 6.58 Å². The van der Waals surface area contributed by atoms with E-state index in [9.17, 15) is 0 Å². The van der Waals surface area contributed by atoms with E-state index in [1.807, 2.05) is 19.1 Å². The Morgan fingerprint density at radius 3 is 2.46 bits per heavy atom. The number of benzene rings is 1. The Morgan fingerprint density at radius 1 is 1.46 bits per heavy atom. The Bertz CT molecular complexity index is 289. The lowest BCUT2D eigenvalue weighted by molar-refractivity contribution is 0.475. The molecular formula is C11H15NO. The van der Waals surface area contributed by atoms with Crippen LogP contribution in [0, 0.1) is 5.92 Å². The van der Waals surface area contributed by atoms with Crippen molar-refractivity contribution in [1.82, 2.24) is 0 Å². The van der Waals surface area contributed by atoms with Crippen molar-refractivity contribution in [1.29, 1.82) is 0 Å². The topological polar surface area (TPSA) is 46.2 Å². The van der Waals surface area contributed by atoms with Gasteiger partial charge < -0.3 is 10.8 Å². The van der Waals surface area contributed by atoms with Crippen molar-refractivity contribution in [3.05, 3.63) is 42.1 Å². The molecule has 0 bridgehead atoms. The van der Waals surface area contributed by atoms with Gasteiger partial charge in [-0.15, -0.1) is 0 Å². The van der Waals surface area contributed by atoms with Gasteiger partial charge in [0, 0.05) is 5.70 Å². The minimum absolute atomic E-state index is 0.282. The van der Waals surface area contributed by atoms with Crippen LogP contribution < -0.4 is 5.73 Å². The first-order valence-electron chi connectivity index (χ1n) is 4.32. The average molecular weight is 177 g/mol. The second-order valence-electron chi connectivity index (χ2n) is 3.35. The summed E-state index contributed by atoms with van der Waals surface area (Å²) in [4.78, 5) is 0. The number of phenolic OH excluding ortho intramolecular Hbond substituents is 1. The largest absolute Gasteiger partial charge is 0.508 e. The van der Waals surface area contributed by atoms with Crippen LogP contribution >= 0.6 is 0 Å². The molecule has 0 aliphatic rings. The first-order valence-corrected chi connectivity index (χ1v) is 4.32. The summed E-state index contributed by atoms with van der Waals surface area (Å²) in [6, 6.07) is 7.16.